The van der Waals surface area contributed by atoms with Crippen LogP contribution in [0.1, 0.15) is 56.2 Å². The molecule has 0 fully saturated rings. The molecule has 0 atom stereocenters. The largest absolute Gasteiger partial charge is 0.643 e. The van der Waals surface area contributed by atoms with Crippen LogP contribution in [-0.2, 0) is 0 Å². The van der Waals surface area contributed by atoms with Crippen molar-refractivity contribution in [1.82, 2.24) is 0 Å². The Balaban J connectivity index is 1.70. The lowest BCUT2D eigenvalue weighted by Crippen LogP contribution is -2.54. The van der Waals surface area contributed by atoms with E-state index in [2.05, 4.69) is 160 Å². The molecule has 36 heavy (non-hydrogen) atoms. The molecule has 4 aromatic rings. The van der Waals surface area contributed by atoms with E-state index in [1.807, 2.05) is 0 Å². The van der Waals surface area contributed by atoms with Crippen LogP contribution in [0.2, 0.25) is 0 Å². The Morgan fingerprint density at radius 1 is 0.639 bits per heavy atom. The first kappa shape index (κ1) is 23.4. The van der Waals surface area contributed by atoms with Gasteiger partial charge in [0, 0.05) is 11.8 Å². The van der Waals surface area contributed by atoms with Gasteiger partial charge in [0.05, 0.1) is 17.1 Å². The maximum atomic E-state index is 2.60. The Hall–Kier alpha value is -3.00. The summed E-state index contributed by atoms with van der Waals surface area (Å²) in [5.74, 6) is 1.97. The van der Waals surface area contributed by atoms with Crippen LogP contribution in [0.25, 0.3) is 0 Å². The zero-order chi connectivity index (χ0) is 25.1. The van der Waals surface area contributed by atoms with Crippen molar-refractivity contribution in [1.29, 1.82) is 0 Å². The molecule has 3 heterocycles. The van der Waals surface area contributed by atoms with Gasteiger partial charge in [0.1, 0.15) is 11.9 Å². The standard InChI is InChI=1S/C30H31BIN4/c1-20(2)23-13-11-14-24(21(3)4)30(23)35-26-16-7-6-15-25(26)34-27-17-10-12-22(5)29(27)36(31(34)35)28-18-8-9-19-33(28)32/h6-21H,1-5H3/q+1. The van der Waals surface area contributed by atoms with E-state index in [-0.39, 0.29) is 7.12 Å². The summed E-state index contributed by atoms with van der Waals surface area (Å²) in [7, 11) is -0.0423. The van der Waals surface area contributed by atoms with Crippen LogP contribution in [0, 0.1) is 6.92 Å². The highest BCUT2D eigenvalue weighted by Gasteiger charge is 2.61. The lowest BCUT2D eigenvalue weighted by molar-refractivity contribution is -0.424. The van der Waals surface area contributed by atoms with E-state index in [9.17, 15) is 0 Å². The molecule has 2 aliphatic rings. The lowest BCUT2D eigenvalue weighted by atomic mass is 9.82. The normalized spacial score (nSPS) is 14.1. The van der Waals surface area contributed by atoms with Crippen LogP contribution in [-0.4, -0.2) is 7.12 Å². The van der Waals surface area contributed by atoms with Gasteiger partial charge in [-0.2, -0.15) is 2.78 Å². The van der Waals surface area contributed by atoms with Crippen molar-refractivity contribution in [3.63, 3.8) is 0 Å². The van der Waals surface area contributed by atoms with Gasteiger partial charge in [0.25, 0.3) is 5.82 Å². The topological polar surface area (TPSA) is 13.6 Å². The fraction of sp³-hybridized carbons (Fsp3) is 0.233. The molecule has 3 aromatic carbocycles. The highest BCUT2D eigenvalue weighted by Crippen LogP contribution is 2.57. The second-order valence-electron chi connectivity index (χ2n) is 10.4. The molecule has 0 unspecified atom stereocenters. The first-order valence-corrected chi connectivity index (χ1v) is 13.7. The lowest BCUT2D eigenvalue weighted by Gasteiger charge is -2.31. The molecule has 0 radical (unpaired) electrons. The number of para-hydroxylation sites is 4. The summed E-state index contributed by atoms with van der Waals surface area (Å²) in [5, 5.41) is 0. The van der Waals surface area contributed by atoms with Crippen LogP contribution < -0.4 is 17.2 Å². The van der Waals surface area contributed by atoms with Crippen LogP contribution >= 0.6 is 22.9 Å². The predicted octanol–water partition coefficient (Wildman–Crippen LogP) is 8.15. The number of aromatic nitrogens is 1. The summed E-state index contributed by atoms with van der Waals surface area (Å²) in [5.41, 5.74) is 10.4. The molecular formula is C30H31BIN4+. The number of halogens is 1. The second-order valence-corrected chi connectivity index (χ2v) is 11.4. The van der Waals surface area contributed by atoms with Gasteiger partial charge in [0.2, 0.25) is 22.9 Å². The van der Waals surface area contributed by atoms with Crippen LogP contribution in [0.15, 0.2) is 85.1 Å². The third-order valence-corrected chi connectivity index (χ3v) is 8.25. The van der Waals surface area contributed by atoms with Gasteiger partial charge in [-0.05, 0) is 59.7 Å². The number of hydrogen-bond donors (Lipinski definition) is 0. The molecule has 0 saturated heterocycles. The maximum absolute atomic E-state index is 2.60. The summed E-state index contributed by atoms with van der Waals surface area (Å²) >= 11 is 2.41. The summed E-state index contributed by atoms with van der Waals surface area (Å²) in [6.45, 7) is 11.5. The number of pyridine rings is 1. The Labute approximate surface area is 228 Å². The van der Waals surface area contributed by atoms with E-state index in [0.29, 0.717) is 11.8 Å². The minimum Gasteiger partial charge on any atom is -0.320 e. The fourth-order valence-electron chi connectivity index (χ4n) is 5.84. The minimum absolute atomic E-state index is 0.0423. The number of fused-ring (bicyclic) bond motifs is 5. The Bertz CT molecular complexity index is 1440. The average molecular weight is 585 g/mol. The number of aryl methyl sites for hydroxylation is 1. The van der Waals surface area contributed by atoms with E-state index < -0.39 is 0 Å². The first-order chi connectivity index (χ1) is 17.4. The van der Waals surface area contributed by atoms with Gasteiger partial charge in [-0.15, -0.1) is 0 Å². The van der Waals surface area contributed by atoms with Crippen LogP contribution in [0.3, 0.4) is 0 Å². The zero-order valence-corrected chi connectivity index (χ0v) is 23.6. The molecule has 0 N–H and O–H groups in total. The predicted molar refractivity (Wildman–Crippen MR) is 160 cm³/mol. The summed E-state index contributed by atoms with van der Waals surface area (Å²) in [6, 6.07) is 28.9. The summed E-state index contributed by atoms with van der Waals surface area (Å²) in [4.78, 5) is 7.66. The van der Waals surface area contributed by atoms with E-state index >= 15 is 0 Å². The van der Waals surface area contributed by atoms with E-state index in [1.54, 1.807) is 0 Å². The molecule has 0 amide bonds. The molecule has 0 saturated carbocycles. The number of nitrogens with zero attached hydrogens (tertiary/aromatic N) is 4. The zero-order valence-electron chi connectivity index (χ0n) is 21.5. The third kappa shape index (κ3) is 3.37. The second kappa shape index (κ2) is 8.84. The van der Waals surface area contributed by atoms with Gasteiger partial charge in [-0.25, -0.2) is 4.81 Å². The van der Waals surface area contributed by atoms with Crippen molar-refractivity contribution in [3.05, 3.63) is 102 Å². The minimum atomic E-state index is -0.0423. The quantitative estimate of drug-likeness (QED) is 0.177. The Morgan fingerprint density at radius 3 is 1.86 bits per heavy atom. The van der Waals surface area contributed by atoms with Crippen LogP contribution in [0.5, 0.6) is 0 Å². The molecule has 1 aromatic heterocycles. The Kier molecular flexibility index (Phi) is 5.75. The average Bonchev–Trinajstić information content (AvgIpc) is 3.37. The van der Waals surface area contributed by atoms with Crippen molar-refractivity contribution < 1.29 is 2.78 Å². The molecule has 6 heteroatoms. The van der Waals surface area contributed by atoms with Crippen molar-refractivity contribution in [2.75, 3.05) is 14.4 Å². The molecular weight excluding hydrogens is 554 g/mol. The van der Waals surface area contributed by atoms with E-state index in [0.717, 1.165) is 5.82 Å². The van der Waals surface area contributed by atoms with Crippen molar-refractivity contribution >= 4 is 64.2 Å². The molecule has 2 aliphatic heterocycles. The highest BCUT2D eigenvalue weighted by atomic mass is 127. The van der Waals surface area contributed by atoms with E-state index in [4.69, 9.17) is 0 Å². The van der Waals surface area contributed by atoms with Gasteiger partial charge < -0.3 is 9.62 Å². The number of rotatable bonds is 4. The summed E-state index contributed by atoms with van der Waals surface area (Å²) in [6.07, 6.45) is 2.13. The smallest absolute Gasteiger partial charge is 0.320 e. The van der Waals surface area contributed by atoms with Crippen molar-refractivity contribution in [2.24, 2.45) is 0 Å². The van der Waals surface area contributed by atoms with Crippen molar-refractivity contribution in [2.45, 2.75) is 46.5 Å². The monoisotopic (exact) mass is 585 g/mol. The van der Waals surface area contributed by atoms with E-state index in [1.165, 1.54) is 45.1 Å². The van der Waals surface area contributed by atoms with Gasteiger partial charge >= 0.3 is 7.12 Å². The number of anilines is 6. The number of benzene rings is 3. The fourth-order valence-corrected chi connectivity index (χ4v) is 6.42. The van der Waals surface area contributed by atoms with Crippen LogP contribution in [0.4, 0.5) is 34.3 Å². The van der Waals surface area contributed by atoms with Gasteiger partial charge in [-0.1, -0.05) is 76.2 Å². The van der Waals surface area contributed by atoms with Crippen molar-refractivity contribution in [3.8, 4) is 0 Å². The SMILES string of the molecule is Cc1cccc2c1N(c1cccc[n+]1I)B1N2c2ccccc2N1c1c(C(C)C)cccc1C(C)C. The molecule has 0 bridgehead atoms. The number of hydrogen-bond acceptors (Lipinski definition) is 3. The molecule has 180 valence electrons. The molecule has 4 nitrogen and oxygen atoms in total. The molecule has 6 rings (SSSR count). The third-order valence-electron chi connectivity index (χ3n) is 7.43. The Morgan fingerprint density at radius 2 is 1.22 bits per heavy atom. The van der Waals surface area contributed by atoms with Gasteiger partial charge in [-0.3, -0.25) is 0 Å². The molecule has 0 aliphatic carbocycles. The summed E-state index contributed by atoms with van der Waals surface area (Å²) < 4.78 is 2.20. The highest BCUT2D eigenvalue weighted by molar-refractivity contribution is 14.1. The maximum Gasteiger partial charge on any atom is 0.643 e. The first-order valence-electron chi connectivity index (χ1n) is 12.8. The molecule has 0 spiro atoms. The van der Waals surface area contributed by atoms with Gasteiger partial charge in [0.15, 0.2) is 0 Å².